The van der Waals surface area contributed by atoms with Gasteiger partial charge in [-0.3, -0.25) is 4.99 Å². The van der Waals surface area contributed by atoms with E-state index in [9.17, 15) is 0 Å². The van der Waals surface area contributed by atoms with Gasteiger partial charge in [0.25, 0.3) is 0 Å². The molecule has 0 spiro atoms. The third-order valence-electron chi connectivity index (χ3n) is 7.10. The first-order chi connectivity index (χ1) is 16.9. The summed E-state index contributed by atoms with van der Waals surface area (Å²) >= 11 is 0. The second-order valence-corrected chi connectivity index (χ2v) is 9.14. The first-order valence-electron chi connectivity index (χ1n) is 12.2. The number of fused-ring (bicyclic) bond motifs is 3. The van der Waals surface area contributed by atoms with Crippen molar-refractivity contribution >= 4 is 23.2 Å². The molecule has 0 N–H and O–H groups in total. The van der Waals surface area contributed by atoms with Crippen LogP contribution in [-0.2, 0) is 0 Å². The molecule has 7 rings (SSSR count). The maximum atomic E-state index is 5.30. The Morgan fingerprint density at radius 1 is 0.647 bits per heavy atom. The highest BCUT2D eigenvalue weighted by molar-refractivity contribution is 6.10. The molecule has 4 aromatic rings. The van der Waals surface area contributed by atoms with Crippen molar-refractivity contribution < 1.29 is 0 Å². The SMILES string of the molecule is C(=C1\C(=Nc2ccccc2)[C@H]2CC[C@@H]1N(c1ccccc1)[C@H]2c1ccccc1)/c1ccccc1. The van der Waals surface area contributed by atoms with Crippen LogP contribution in [0.4, 0.5) is 11.4 Å². The molecular weight excluding hydrogens is 412 g/mol. The van der Waals surface area contributed by atoms with Crippen molar-refractivity contribution in [1.82, 2.24) is 0 Å². The molecule has 0 aromatic heterocycles. The molecule has 2 bridgehead atoms. The van der Waals surface area contributed by atoms with Gasteiger partial charge in [-0.2, -0.15) is 0 Å². The fourth-order valence-electron chi connectivity index (χ4n) is 5.67. The second-order valence-electron chi connectivity index (χ2n) is 9.14. The number of nitrogens with zero attached hydrogens (tertiary/aromatic N) is 2. The Morgan fingerprint density at radius 2 is 1.24 bits per heavy atom. The van der Waals surface area contributed by atoms with Crippen LogP contribution in [0.3, 0.4) is 0 Å². The van der Waals surface area contributed by atoms with Crippen molar-refractivity contribution in [3.05, 3.63) is 138 Å². The predicted molar refractivity (Wildman–Crippen MR) is 143 cm³/mol. The maximum Gasteiger partial charge on any atom is 0.0633 e. The standard InChI is InChI=1S/C32H28N2/c1-5-13-24(14-6-1)23-29-30-22-21-28(31(29)33-26-17-9-3-10-18-26)32(25-15-7-2-8-16-25)34(30)27-19-11-4-12-20-27/h1-20,23,28,30,32H,21-22H2/b29-23+,33-31?/t28-,30+,32+/m1/s1. The van der Waals surface area contributed by atoms with Crippen LogP contribution in [0.1, 0.15) is 30.0 Å². The number of hydrogen-bond acceptors (Lipinski definition) is 2. The minimum Gasteiger partial charge on any atom is -0.357 e. The number of rotatable bonds is 4. The Balaban J connectivity index is 1.56. The lowest BCUT2D eigenvalue weighted by molar-refractivity contribution is 0.340. The first kappa shape index (κ1) is 20.7. The summed E-state index contributed by atoms with van der Waals surface area (Å²) in [5.41, 5.74) is 7.50. The van der Waals surface area contributed by atoms with Crippen molar-refractivity contribution in [2.24, 2.45) is 10.9 Å². The molecule has 0 unspecified atom stereocenters. The quantitative estimate of drug-likeness (QED) is 0.315. The highest BCUT2D eigenvalue weighted by atomic mass is 15.2. The van der Waals surface area contributed by atoms with E-state index < -0.39 is 0 Å². The number of hydrogen-bond donors (Lipinski definition) is 0. The third-order valence-corrected chi connectivity index (χ3v) is 7.10. The number of aliphatic imine (C=N–C) groups is 1. The molecule has 3 atom stereocenters. The van der Waals surface area contributed by atoms with Crippen LogP contribution in [0.25, 0.3) is 6.08 Å². The highest BCUT2D eigenvalue weighted by Crippen LogP contribution is 2.51. The average Bonchev–Trinajstić information content (AvgIpc) is 2.92. The van der Waals surface area contributed by atoms with E-state index in [0.29, 0.717) is 5.92 Å². The van der Waals surface area contributed by atoms with Crippen molar-refractivity contribution in [3.8, 4) is 0 Å². The molecule has 0 radical (unpaired) electrons. The summed E-state index contributed by atoms with van der Waals surface area (Å²) in [6.45, 7) is 0. The Bertz CT molecular complexity index is 1190. The van der Waals surface area contributed by atoms with E-state index in [4.69, 9.17) is 4.99 Å². The van der Waals surface area contributed by atoms with Crippen LogP contribution in [0.2, 0.25) is 0 Å². The number of anilines is 1. The lowest BCUT2D eigenvalue weighted by Crippen LogP contribution is -2.56. The molecule has 2 aliphatic heterocycles. The van der Waals surface area contributed by atoms with Crippen LogP contribution in [0.5, 0.6) is 0 Å². The zero-order valence-corrected chi connectivity index (χ0v) is 19.2. The summed E-state index contributed by atoms with van der Waals surface area (Å²) in [7, 11) is 0. The summed E-state index contributed by atoms with van der Waals surface area (Å²) in [5, 5.41) is 0. The Labute approximate surface area is 201 Å². The topological polar surface area (TPSA) is 15.6 Å². The molecule has 1 saturated carbocycles. The number of piperidine rings is 2. The van der Waals surface area contributed by atoms with E-state index in [-0.39, 0.29) is 12.1 Å². The lowest BCUT2D eigenvalue weighted by atomic mass is 9.67. The molecule has 3 aliphatic rings. The minimum atomic E-state index is 0.262. The van der Waals surface area contributed by atoms with Gasteiger partial charge >= 0.3 is 0 Å². The van der Waals surface area contributed by atoms with Crippen LogP contribution < -0.4 is 4.90 Å². The number of benzene rings is 4. The van der Waals surface area contributed by atoms with Gasteiger partial charge in [-0.15, -0.1) is 0 Å². The van der Waals surface area contributed by atoms with Crippen molar-refractivity contribution in [1.29, 1.82) is 0 Å². The smallest absolute Gasteiger partial charge is 0.0633 e. The fourth-order valence-corrected chi connectivity index (χ4v) is 5.67. The molecule has 2 nitrogen and oxygen atoms in total. The van der Waals surface area contributed by atoms with Crippen molar-refractivity contribution in [3.63, 3.8) is 0 Å². The molecule has 2 heteroatoms. The van der Waals surface area contributed by atoms with Gasteiger partial charge in [-0.1, -0.05) is 97.1 Å². The molecule has 3 fully saturated rings. The Morgan fingerprint density at radius 3 is 1.91 bits per heavy atom. The molecule has 4 aromatic carbocycles. The van der Waals surface area contributed by atoms with E-state index in [1.54, 1.807) is 0 Å². The highest BCUT2D eigenvalue weighted by Gasteiger charge is 2.48. The van der Waals surface area contributed by atoms with E-state index in [1.807, 2.05) is 0 Å². The van der Waals surface area contributed by atoms with Gasteiger partial charge in [-0.25, -0.2) is 0 Å². The Hall–Kier alpha value is -3.91. The van der Waals surface area contributed by atoms with Gasteiger partial charge in [0.15, 0.2) is 0 Å². The molecule has 0 amide bonds. The average molecular weight is 441 g/mol. The van der Waals surface area contributed by atoms with Gasteiger partial charge < -0.3 is 4.90 Å². The second kappa shape index (κ2) is 9.15. The molecule has 34 heavy (non-hydrogen) atoms. The predicted octanol–water partition coefficient (Wildman–Crippen LogP) is 7.88. The first-order valence-corrected chi connectivity index (χ1v) is 12.2. The molecule has 2 heterocycles. The zero-order valence-electron chi connectivity index (χ0n) is 19.2. The van der Waals surface area contributed by atoms with Crippen molar-refractivity contribution in [2.75, 3.05) is 4.90 Å². The third kappa shape index (κ3) is 3.86. The van der Waals surface area contributed by atoms with Gasteiger partial charge in [-0.05, 0) is 59.9 Å². The van der Waals surface area contributed by atoms with Crippen molar-refractivity contribution in [2.45, 2.75) is 24.9 Å². The Kier molecular flexibility index (Phi) is 5.56. The van der Waals surface area contributed by atoms with Crippen LogP contribution in [-0.4, -0.2) is 11.8 Å². The van der Waals surface area contributed by atoms with Gasteiger partial charge in [0.2, 0.25) is 0 Å². The number of para-hydroxylation sites is 2. The molecule has 166 valence electrons. The summed E-state index contributed by atoms with van der Waals surface area (Å²) in [5.74, 6) is 0.322. The molecule has 2 saturated heterocycles. The maximum absolute atomic E-state index is 5.30. The molecule has 1 aliphatic carbocycles. The molecular formula is C32H28N2. The largest absolute Gasteiger partial charge is 0.357 e. The normalized spacial score (nSPS) is 24.0. The minimum absolute atomic E-state index is 0.262. The van der Waals surface area contributed by atoms with Crippen LogP contribution in [0.15, 0.2) is 132 Å². The van der Waals surface area contributed by atoms with Gasteiger partial charge in [0.1, 0.15) is 0 Å². The van der Waals surface area contributed by atoms with Gasteiger partial charge in [0, 0.05) is 11.6 Å². The zero-order chi connectivity index (χ0) is 22.7. The van der Waals surface area contributed by atoms with E-state index in [1.165, 1.54) is 28.1 Å². The van der Waals surface area contributed by atoms with Gasteiger partial charge in [0.05, 0.1) is 23.5 Å². The van der Waals surface area contributed by atoms with E-state index in [2.05, 4.69) is 132 Å². The summed E-state index contributed by atoms with van der Waals surface area (Å²) in [4.78, 5) is 7.96. The fraction of sp³-hybridized carbons (Fsp3) is 0.156. The monoisotopic (exact) mass is 440 g/mol. The van der Waals surface area contributed by atoms with Crippen LogP contribution in [0, 0.1) is 5.92 Å². The van der Waals surface area contributed by atoms with Crippen LogP contribution >= 0.6 is 0 Å². The van der Waals surface area contributed by atoms with E-state index in [0.717, 1.165) is 18.5 Å². The summed E-state index contributed by atoms with van der Waals surface area (Å²) < 4.78 is 0. The summed E-state index contributed by atoms with van der Waals surface area (Å²) in [6, 6.07) is 43.6. The summed E-state index contributed by atoms with van der Waals surface area (Å²) in [6.07, 6.45) is 4.65. The van der Waals surface area contributed by atoms with E-state index >= 15 is 0 Å². The lowest BCUT2D eigenvalue weighted by Gasteiger charge is -2.54.